The van der Waals surface area contributed by atoms with Crippen LogP contribution in [-0.4, -0.2) is 15.0 Å². The first-order valence-corrected chi connectivity index (χ1v) is 3.94. The fraction of sp³-hybridized carbons (Fsp3) is 0.600. The Hall–Kier alpha value is 0.779. The summed E-state index contributed by atoms with van der Waals surface area (Å²) < 4.78 is 0. The zero-order valence-corrected chi connectivity index (χ0v) is 7.10. The zero-order valence-electron chi connectivity index (χ0n) is 4.44. The van der Waals surface area contributed by atoms with Gasteiger partial charge in [-0.05, 0) is 0 Å². The van der Waals surface area contributed by atoms with E-state index >= 15 is 0 Å². The van der Waals surface area contributed by atoms with E-state index in [4.69, 9.17) is 6.58 Å². The minimum atomic E-state index is 0. The van der Waals surface area contributed by atoms with Crippen molar-refractivity contribution in [2.45, 2.75) is 18.7 Å². The van der Waals surface area contributed by atoms with Gasteiger partial charge in [0, 0.05) is 0 Å². The van der Waals surface area contributed by atoms with Gasteiger partial charge in [-0.15, -0.1) is 0 Å². The molecule has 0 spiro atoms. The number of hydrogen-bond acceptors (Lipinski definition) is 0. The third kappa shape index (κ3) is 10.8. The van der Waals surface area contributed by atoms with Gasteiger partial charge in [0.15, 0.2) is 0 Å². The van der Waals surface area contributed by atoms with Gasteiger partial charge in [-0.1, -0.05) is 0 Å². The van der Waals surface area contributed by atoms with E-state index in [1.165, 1.54) is 0 Å². The van der Waals surface area contributed by atoms with Crippen molar-refractivity contribution in [3.63, 3.8) is 0 Å². The van der Waals surface area contributed by atoms with Crippen LogP contribution in [0.25, 0.3) is 0 Å². The average molecular weight is 212 g/mol. The molecule has 0 unspecified atom stereocenters. The Balaban J connectivity index is 0. The van der Waals surface area contributed by atoms with E-state index in [-0.39, 0.29) is 17.1 Å². The first-order valence-electron chi connectivity index (χ1n) is 1.96. The molecule has 0 saturated heterocycles. The fourth-order valence-corrected chi connectivity index (χ4v) is 0.816. The molecule has 0 aromatic heterocycles. The molecule has 0 aliphatic rings. The second kappa shape index (κ2) is 6.78. The van der Waals surface area contributed by atoms with Crippen LogP contribution in [0.2, 0.25) is 4.82 Å². The van der Waals surface area contributed by atoms with Gasteiger partial charge in [0.05, 0.1) is 0 Å². The maximum absolute atomic E-state index is 5.13. The molecule has 0 aromatic carbocycles. The van der Waals surface area contributed by atoms with E-state index in [9.17, 15) is 0 Å². The maximum Gasteiger partial charge on any atom is 1.00 e. The number of hydrogen-bond donors (Lipinski definition) is 0. The van der Waals surface area contributed by atoms with Crippen LogP contribution in [0.1, 0.15) is 13.8 Å². The Labute approximate surface area is 62.4 Å². The van der Waals surface area contributed by atoms with Gasteiger partial charge in [0.1, 0.15) is 0 Å². The van der Waals surface area contributed by atoms with Crippen LogP contribution < -0.4 is 0 Å². The molecule has 0 N–H and O–H groups in total. The first-order chi connectivity index (χ1) is 2.77. The van der Waals surface area contributed by atoms with Crippen molar-refractivity contribution in [2.75, 3.05) is 0 Å². The van der Waals surface area contributed by atoms with Crippen molar-refractivity contribution < 1.29 is 17.1 Å². The molecule has 0 atom stereocenters. The predicted molar refractivity (Wildman–Crippen MR) is 29.7 cm³/mol. The molecule has 46 valence electrons. The van der Waals surface area contributed by atoms with E-state index in [1.54, 1.807) is 4.97 Å². The summed E-state index contributed by atoms with van der Waals surface area (Å²) in [5.41, 5.74) is 0. The van der Waals surface area contributed by atoms with E-state index < -0.39 is 0 Å². The molecule has 7 heavy (non-hydrogen) atoms. The molecule has 0 radical (unpaired) electrons. The summed E-state index contributed by atoms with van der Waals surface area (Å²) in [6.45, 7) is 9.47. The monoisotopic (exact) mass is 212 g/mol. The van der Waals surface area contributed by atoms with Crippen LogP contribution >= 0.6 is 0 Å². The molecule has 0 fully saturated rings. The molecule has 0 rings (SSSR count). The molecule has 0 heterocycles. The van der Waals surface area contributed by atoms with Crippen molar-refractivity contribution in [3.05, 3.63) is 11.6 Å². The summed E-state index contributed by atoms with van der Waals surface area (Å²) >= 11 is 0.569. The fourth-order valence-electron chi connectivity index (χ4n) is 0.157. The van der Waals surface area contributed by atoms with Gasteiger partial charge in [-0.25, -0.2) is 0 Å². The standard InChI is InChI=1S/C5H9Se.Cu/c1-4-6-5(2)3;/h1,4-5H,2-3H3;/q-1;+1. The molecule has 0 nitrogen and oxygen atoms in total. The quantitative estimate of drug-likeness (QED) is 0.479. The molecule has 0 saturated carbocycles. The predicted octanol–water partition coefficient (Wildman–Crippen LogP) is 1.46. The summed E-state index contributed by atoms with van der Waals surface area (Å²) in [5, 5.41) is 0. The topological polar surface area (TPSA) is 0 Å². The summed E-state index contributed by atoms with van der Waals surface area (Å²) in [4.78, 5) is 2.54. The van der Waals surface area contributed by atoms with Gasteiger partial charge in [-0.3, -0.25) is 0 Å². The van der Waals surface area contributed by atoms with Crippen LogP contribution in [0.4, 0.5) is 0 Å². The minimum absolute atomic E-state index is 0. The molecule has 0 bridgehead atoms. The molecule has 0 aliphatic heterocycles. The molecule has 2 heteroatoms. The molecule has 0 amide bonds. The second-order valence-corrected chi connectivity index (χ2v) is 4.44. The Morgan fingerprint density at radius 3 is 2.00 bits per heavy atom. The van der Waals surface area contributed by atoms with E-state index in [0.717, 1.165) is 4.82 Å². The van der Waals surface area contributed by atoms with Crippen molar-refractivity contribution >= 4 is 15.0 Å². The van der Waals surface area contributed by atoms with Crippen LogP contribution in [0.15, 0.2) is 4.97 Å². The summed E-state index contributed by atoms with van der Waals surface area (Å²) in [7, 11) is 0. The normalized spacial score (nSPS) is 7.86. The summed E-state index contributed by atoms with van der Waals surface area (Å²) in [6.07, 6.45) is 0. The summed E-state index contributed by atoms with van der Waals surface area (Å²) in [5.74, 6) is 0. The van der Waals surface area contributed by atoms with Crippen molar-refractivity contribution in [1.82, 2.24) is 0 Å². The van der Waals surface area contributed by atoms with Crippen LogP contribution in [0.5, 0.6) is 0 Å². The molecule has 0 aliphatic carbocycles. The van der Waals surface area contributed by atoms with Gasteiger partial charge in [0.2, 0.25) is 0 Å². The van der Waals surface area contributed by atoms with E-state index in [2.05, 4.69) is 13.8 Å². The third-order valence-corrected chi connectivity index (χ3v) is 1.82. The Bertz CT molecular complexity index is 43.3. The first kappa shape index (κ1) is 10.7. The molecule has 0 aromatic rings. The Kier molecular flexibility index (Phi) is 10.4. The minimum Gasteiger partial charge on any atom is 1.00 e. The van der Waals surface area contributed by atoms with Crippen LogP contribution in [0.3, 0.4) is 0 Å². The van der Waals surface area contributed by atoms with Gasteiger partial charge >= 0.3 is 62.2 Å². The van der Waals surface area contributed by atoms with Gasteiger partial charge in [-0.2, -0.15) is 0 Å². The Morgan fingerprint density at radius 2 is 2.00 bits per heavy atom. The average Bonchev–Trinajstić information content (AvgIpc) is 1.35. The second-order valence-electron chi connectivity index (χ2n) is 1.32. The van der Waals surface area contributed by atoms with E-state index in [1.807, 2.05) is 0 Å². The van der Waals surface area contributed by atoms with Crippen molar-refractivity contribution in [3.8, 4) is 0 Å². The van der Waals surface area contributed by atoms with E-state index in [0.29, 0.717) is 15.0 Å². The largest absolute Gasteiger partial charge is 1.00 e. The number of rotatable bonds is 2. The third-order valence-electron chi connectivity index (χ3n) is 0.351. The maximum atomic E-state index is 5.13. The molecular formula is C5H9CuSe. The van der Waals surface area contributed by atoms with Gasteiger partial charge in [0.25, 0.3) is 0 Å². The SMILES string of the molecule is [CH-]=C[Se]C(C)C.[Cu+]. The Morgan fingerprint density at radius 1 is 1.57 bits per heavy atom. The van der Waals surface area contributed by atoms with Gasteiger partial charge < -0.3 is 0 Å². The zero-order chi connectivity index (χ0) is 4.99. The van der Waals surface area contributed by atoms with Crippen molar-refractivity contribution in [2.24, 2.45) is 0 Å². The van der Waals surface area contributed by atoms with Crippen LogP contribution in [-0.2, 0) is 17.1 Å². The van der Waals surface area contributed by atoms with Crippen molar-refractivity contribution in [1.29, 1.82) is 0 Å². The summed E-state index contributed by atoms with van der Waals surface area (Å²) in [6, 6.07) is 0. The van der Waals surface area contributed by atoms with Crippen LogP contribution in [0, 0.1) is 6.58 Å². The molecular weight excluding hydrogens is 203 g/mol. The smallest absolute Gasteiger partial charge is 1.00 e.